The maximum Gasteiger partial charge on any atom is 0.0340 e. The van der Waals surface area contributed by atoms with E-state index in [0.29, 0.717) is 0 Å². The Labute approximate surface area is 88.5 Å². The molecule has 0 aromatic heterocycles. The zero-order valence-corrected chi connectivity index (χ0v) is 9.93. The predicted octanol–water partition coefficient (Wildman–Crippen LogP) is 4.23. The van der Waals surface area contributed by atoms with Gasteiger partial charge in [0.1, 0.15) is 0 Å². The first kappa shape index (κ1) is 13.0. The highest BCUT2D eigenvalue weighted by Gasteiger charge is 1.87. The average Bonchev–Trinajstić information content (AvgIpc) is 2.18. The van der Waals surface area contributed by atoms with Crippen molar-refractivity contribution in [2.45, 2.75) is 40.5 Å². The molecule has 0 radical (unpaired) electrons. The van der Waals surface area contributed by atoms with Crippen LogP contribution in [0.2, 0.25) is 0 Å². The van der Waals surface area contributed by atoms with Crippen LogP contribution in [0, 0.1) is 6.92 Å². The number of hydrogen-bond acceptors (Lipinski definition) is 1. The molecule has 0 amide bonds. The number of benzene rings is 1. The highest BCUT2D eigenvalue weighted by Crippen LogP contribution is 2.07. The summed E-state index contributed by atoms with van der Waals surface area (Å²) in [6.45, 7) is 9.58. The molecule has 0 fully saturated rings. The van der Waals surface area contributed by atoms with E-state index in [0.717, 1.165) is 6.54 Å². The first-order chi connectivity index (χ1) is 6.74. The molecule has 0 saturated heterocycles. The van der Waals surface area contributed by atoms with Gasteiger partial charge in [-0.1, -0.05) is 44.9 Å². The summed E-state index contributed by atoms with van der Waals surface area (Å²) in [5.74, 6) is 0. The molecule has 0 spiro atoms. The molecule has 0 atom stereocenters. The summed E-state index contributed by atoms with van der Waals surface area (Å²) in [6, 6.07) is 8.48. The van der Waals surface area contributed by atoms with Crippen LogP contribution in [0.1, 0.15) is 39.2 Å². The predicted molar refractivity (Wildman–Crippen MR) is 65.9 cm³/mol. The van der Waals surface area contributed by atoms with Gasteiger partial charge in [0.15, 0.2) is 0 Å². The number of anilines is 1. The molecule has 1 rings (SSSR count). The second-order valence-electron chi connectivity index (χ2n) is 3.50. The molecule has 1 aromatic carbocycles. The second-order valence-corrected chi connectivity index (χ2v) is 3.50. The molecule has 0 aliphatic rings. The van der Waals surface area contributed by atoms with Crippen molar-refractivity contribution in [1.29, 1.82) is 0 Å². The van der Waals surface area contributed by atoms with E-state index >= 15 is 0 Å². The van der Waals surface area contributed by atoms with E-state index in [9.17, 15) is 0 Å². The molecule has 0 aliphatic carbocycles. The van der Waals surface area contributed by atoms with Crippen molar-refractivity contribution in [3.8, 4) is 0 Å². The van der Waals surface area contributed by atoms with Crippen LogP contribution in [0.3, 0.4) is 0 Å². The van der Waals surface area contributed by atoms with Gasteiger partial charge in [-0.15, -0.1) is 0 Å². The topological polar surface area (TPSA) is 12.0 Å². The number of nitrogens with one attached hydrogen (secondary N) is 1. The Morgan fingerprint density at radius 1 is 1.00 bits per heavy atom. The van der Waals surface area contributed by atoms with Crippen LogP contribution in [0.25, 0.3) is 0 Å². The second kappa shape index (κ2) is 8.61. The van der Waals surface area contributed by atoms with Crippen LogP contribution in [0.5, 0.6) is 0 Å². The Hall–Kier alpha value is -0.980. The Bertz CT molecular complexity index is 213. The molecule has 0 aliphatic heterocycles. The van der Waals surface area contributed by atoms with E-state index in [1.807, 2.05) is 0 Å². The maximum atomic E-state index is 3.32. The van der Waals surface area contributed by atoms with Crippen LogP contribution in [0.4, 0.5) is 5.69 Å². The fraction of sp³-hybridized carbons (Fsp3) is 0.538. The quantitative estimate of drug-likeness (QED) is 0.757. The Morgan fingerprint density at radius 2 is 1.50 bits per heavy atom. The van der Waals surface area contributed by atoms with E-state index < -0.39 is 0 Å². The molecule has 1 aromatic rings. The zero-order valence-electron chi connectivity index (χ0n) is 9.93. The van der Waals surface area contributed by atoms with Gasteiger partial charge < -0.3 is 5.32 Å². The zero-order chi connectivity index (χ0) is 10.8. The van der Waals surface area contributed by atoms with Crippen LogP contribution < -0.4 is 5.32 Å². The molecule has 1 N–H and O–H groups in total. The lowest BCUT2D eigenvalue weighted by Crippen LogP contribution is -1.98. The summed E-state index contributed by atoms with van der Waals surface area (Å²) in [4.78, 5) is 0. The molecule has 0 saturated carbocycles. The highest BCUT2D eigenvalue weighted by molar-refractivity contribution is 5.44. The molecule has 0 unspecified atom stereocenters. The van der Waals surface area contributed by atoms with Crippen molar-refractivity contribution in [3.05, 3.63) is 29.8 Å². The van der Waals surface area contributed by atoms with Crippen LogP contribution in [-0.4, -0.2) is 6.54 Å². The Morgan fingerprint density at radius 3 is 1.93 bits per heavy atom. The lowest BCUT2D eigenvalue weighted by Gasteiger charge is -2.03. The Balaban J connectivity index is 0.000000500. The summed E-state index contributed by atoms with van der Waals surface area (Å²) in [5, 5.41) is 3.32. The lowest BCUT2D eigenvalue weighted by molar-refractivity contribution is 0.979. The van der Waals surface area contributed by atoms with Crippen molar-refractivity contribution < 1.29 is 0 Å². The highest BCUT2D eigenvalue weighted by atomic mass is 14.9. The molecule has 14 heavy (non-hydrogen) atoms. The van der Waals surface area contributed by atoms with Crippen molar-refractivity contribution in [2.24, 2.45) is 0 Å². The number of rotatable bonds is 3. The summed E-state index contributed by atoms with van der Waals surface area (Å²) < 4.78 is 0. The van der Waals surface area contributed by atoms with Crippen LogP contribution >= 0.6 is 0 Å². The van der Waals surface area contributed by atoms with E-state index in [1.165, 1.54) is 24.1 Å². The summed E-state index contributed by atoms with van der Waals surface area (Å²) >= 11 is 0. The number of aryl methyl sites for hydroxylation is 1. The first-order valence-electron chi connectivity index (χ1n) is 5.55. The van der Waals surface area contributed by atoms with Crippen molar-refractivity contribution in [1.82, 2.24) is 0 Å². The summed E-state index contributed by atoms with van der Waals surface area (Å²) in [7, 11) is 0. The minimum Gasteiger partial charge on any atom is -0.385 e. The first-order valence-corrected chi connectivity index (χ1v) is 5.55. The van der Waals surface area contributed by atoms with Gasteiger partial charge in [0.2, 0.25) is 0 Å². The average molecular weight is 193 g/mol. The monoisotopic (exact) mass is 193 g/mol. The van der Waals surface area contributed by atoms with E-state index in [-0.39, 0.29) is 0 Å². The largest absolute Gasteiger partial charge is 0.385 e. The van der Waals surface area contributed by atoms with E-state index in [4.69, 9.17) is 0 Å². The van der Waals surface area contributed by atoms with Crippen LogP contribution in [0.15, 0.2) is 24.3 Å². The molecule has 1 heteroatoms. The fourth-order valence-electron chi connectivity index (χ4n) is 0.941. The van der Waals surface area contributed by atoms with Gasteiger partial charge in [-0.05, 0) is 25.5 Å². The van der Waals surface area contributed by atoms with E-state index in [1.54, 1.807) is 0 Å². The molecule has 0 heterocycles. The normalized spacial score (nSPS) is 8.86. The van der Waals surface area contributed by atoms with Gasteiger partial charge in [-0.3, -0.25) is 0 Å². The minimum atomic E-state index is 1.06. The Kier molecular flexibility index (Phi) is 8.01. The van der Waals surface area contributed by atoms with Gasteiger partial charge in [-0.2, -0.15) is 0 Å². The third-order valence-electron chi connectivity index (χ3n) is 1.63. The van der Waals surface area contributed by atoms with Gasteiger partial charge in [-0.25, -0.2) is 0 Å². The third-order valence-corrected chi connectivity index (χ3v) is 1.63. The lowest BCUT2D eigenvalue weighted by atomic mass is 10.2. The smallest absolute Gasteiger partial charge is 0.0340 e. The standard InChI is InChI=1S/C10H15N.C3H8/c1-3-8-11-10-6-4-9(2)5-7-10;1-3-2/h4-7,11H,3,8H2,1-2H3;3H2,1-2H3. The minimum absolute atomic E-state index is 1.06. The van der Waals surface area contributed by atoms with Crippen molar-refractivity contribution >= 4 is 5.69 Å². The van der Waals surface area contributed by atoms with Crippen molar-refractivity contribution in [3.63, 3.8) is 0 Å². The van der Waals surface area contributed by atoms with E-state index in [2.05, 4.69) is 57.3 Å². The third kappa shape index (κ3) is 6.53. The number of hydrogen-bond donors (Lipinski definition) is 1. The molecule has 0 bridgehead atoms. The molecular weight excluding hydrogens is 170 g/mol. The van der Waals surface area contributed by atoms with Crippen LogP contribution in [-0.2, 0) is 0 Å². The SMILES string of the molecule is CCC.CCCNc1ccc(C)cc1. The fourth-order valence-corrected chi connectivity index (χ4v) is 0.941. The maximum absolute atomic E-state index is 3.32. The summed E-state index contributed by atoms with van der Waals surface area (Å²) in [5.41, 5.74) is 2.53. The molecule has 1 nitrogen and oxygen atoms in total. The van der Waals surface area contributed by atoms with Gasteiger partial charge in [0.25, 0.3) is 0 Å². The van der Waals surface area contributed by atoms with Crippen molar-refractivity contribution in [2.75, 3.05) is 11.9 Å². The molecular formula is C13H23N. The summed E-state index contributed by atoms with van der Waals surface area (Å²) in [6.07, 6.45) is 2.42. The van der Waals surface area contributed by atoms with Gasteiger partial charge in [0.05, 0.1) is 0 Å². The van der Waals surface area contributed by atoms with Gasteiger partial charge >= 0.3 is 0 Å². The van der Waals surface area contributed by atoms with Gasteiger partial charge in [0, 0.05) is 12.2 Å². The molecule has 80 valence electrons.